The van der Waals surface area contributed by atoms with Gasteiger partial charge in [-0.2, -0.15) is 0 Å². The monoisotopic (exact) mass is 402 g/mol. The van der Waals surface area contributed by atoms with Gasteiger partial charge in [-0.1, -0.05) is 64.2 Å². The van der Waals surface area contributed by atoms with Crippen molar-refractivity contribution in [2.45, 2.75) is 104 Å². The summed E-state index contributed by atoms with van der Waals surface area (Å²) in [5.74, 6) is 0.771. The van der Waals surface area contributed by atoms with Crippen molar-refractivity contribution in [3.63, 3.8) is 0 Å². The summed E-state index contributed by atoms with van der Waals surface area (Å²) >= 11 is 0. The molecule has 0 spiro atoms. The summed E-state index contributed by atoms with van der Waals surface area (Å²) < 4.78 is 11.9. The lowest BCUT2D eigenvalue weighted by molar-refractivity contribution is -0.136. The van der Waals surface area contributed by atoms with Gasteiger partial charge in [0.15, 0.2) is 5.78 Å². The molecule has 0 heterocycles. The molecular weight excluding hydrogens is 360 g/mol. The van der Waals surface area contributed by atoms with Crippen LogP contribution in [-0.4, -0.2) is 23.6 Å². The number of carbonyl (C=O) groups is 1. The first kappa shape index (κ1) is 25.4. The fraction of sp³-hybridized carbons (Fsp3) is 0.654. The van der Waals surface area contributed by atoms with Gasteiger partial charge in [0.2, 0.25) is 0 Å². The summed E-state index contributed by atoms with van der Waals surface area (Å²) in [5, 5.41) is 0. The second-order valence-electron chi connectivity index (χ2n) is 9.05. The third-order valence-electron chi connectivity index (χ3n) is 5.33. The van der Waals surface area contributed by atoms with E-state index in [9.17, 15) is 4.79 Å². The Balaban J connectivity index is 2.35. The van der Waals surface area contributed by atoms with Crippen LogP contribution in [0.25, 0.3) is 0 Å². The van der Waals surface area contributed by atoms with Crippen molar-refractivity contribution >= 4 is 5.78 Å². The second kappa shape index (κ2) is 12.8. The lowest BCUT2D eigenvalue weighted by atomic mass is 10.0. The zero-order valence-electron chi connectivity index (χ0n) is 19.4. The lowest BCUT2D eigenvalue weighted by Gasteiger charge is -2.29. The Morgan fingerprint density at radius 3 is 2.14 bits per heavy atom. The Bertz CT molecular complexity index is 599. The topological polar surface area (TPSA) is 35.5 Å². The number of rotatable bonds is 16. The first-order valence-corrected chi connectivity index (χ1v) is 11.3. The van der Waals surface area contributed by atoms with E-state index in [1.54, 1.807) is 13.8 Å². The van der Waals surface area contributed by atoms with Gasteiger partial charge in [-0.25, -0.2) is 0 Å². The fourth-order valence-electron chi connectivity index (χ4n) is 3.25. The summed E-state index contributed by atoms with van der Waals surface area (Å²) in [6.07, 6.45) is 12.5. The maximum Gasteiger partial charge on any atom is 0.186 e. The molecule has 0 unspecified atom stereocenters. The third-order valence-corrected chi connectivity index (χ3v) is 5.33. The van der Waals surface area contributed by atoms with Crippen LogP contribution in [0.3, 0.4) is 0 Å². The number of hydrogen-bond donors (Lipinski definition) is 0. The molecule has 0 saturated carbocycles. The molecule has 29 heavy (non-hydrogen) atoms. The Morgan fingerprint density at radius 1 is 0.966 bits per heavy atom. The molecule has 0 aliphatic rings. The predicted molar refractivity (Wildman–Crippen MR) is 123 cm³/mol. The molecule has 0 aliphatic heterocycles. The average molecular weight is 403 g/mol. The van der Waals surface area contributed by atoms with Crippen molar-refractivity contribution in [2.75, 3.05) is 6.61 Å². The van der Waals surface area contributed by atoms with Crippen LogP contribution >= 0.6 is 0 Å². The minimum Gasteiger partial charge on any atom is -0.488 e. The van der Waals surface area contributed by atoms with Gasteiger partial charge in [0, 0.05) is 6.42 Å². The number of unbranched alkanes of at least 4 members (excludes halogenated alkanes) is 6. The van der Waals surface area contributed by atoms with E-state index in [2.05, 4.69) is 37.8 Å². The zero-order valence-corrected chi connectivity index (χ0v) is 19.4. The Kier molecular flexibility index (Phi) is 11.3. The van der Waals surface area contributed by atoms with Gasteiger partial charge < -0.3 is 9.47 Å². The molecule has 164 valence electrons. The molecule has 0 aliphatic carbocycles. The summed E-state index contributed by atoms with van der Waals surface area (Å²) in [5.41, 5.74) is 0.166. The highest BCUT2D eigenvalue weighted by molar-refractivity contribution is 5.95. The van der Waals surface area contributed by atoms with Crippen molar-refractivity contribution in [3.8, 4) is 5.75 Å². The van der Waals surface area contributed by atoms with E-state index in [0.717, 1.165) is 12.2 Å². The molecule has 1 aromatic carbocycles. The first-order valence-electron chi connectivity index (χ1n) is 11.3. The highest BCUT2D eigenvalue weighted by atomic mass is 16.5. The van der Waals surface area contributed by atoms with Crippen LogP contribution in [0.2, 0.25) is 0 Å². The minimum atomic E-state index is -0.838. The van der Waals surface area contributed by atoms with Crippen LogP contribution in [0.15, 0.2) is 36.9 Å². The molecule has 0 fully saturated rings. The summed E-state index contributed by atoms with van der Waals surface area (Å²) in [6.45, 7) is 13.9. The number of ether oxygens (including phenoxy) is 2. The van der Waals surface area contributed by atoms with Crippen molar-refractivity contribution in [3.05, 3.63) is 42.5 Å². The number of benzene rings is 1. The van der Waals surface area contributed by atoms with E-state index in [4.69, 9.17) is 9.47 Å². The van der Waals surface area contributed by atoms with Crippen LogP contribution in [-0.2, 0) is 16.0 Å². The van der Waals surface area contributed by atoms with E-state index in [-0.39, 0.29) is 11.4 Å². The molecule has 0 amide bonds. The standard InChI is InChI=1S/C26H42O3/c1-7-9-10-11-12-13-14-15-22-16-18-23(19-17-22)29-25(3,4)20-21-28-26(5,6)24(27)8-2/h8,16-19H,2,7,9-15,20-21H2,1,3-6H3. The fourth-order valence-corrected chi connectivity index (χ4v) is 3.25. The highest BCUT2D eigenvalue weighted by Crippen LogP contribution is 2.23. The van der Waals surface area contributed by atoms with Gasteiger partial charge in [-0.3, -0.25) is 4.79 Å². The van der Waals surface area contributed by atoms with Crippen molar-refractivity contribution in [2.24, 2.45) is 0 Å². The summed E-state index contributed by atoms with van der Waals surface area (Å²) in [6, 6.07) is 8.46. The lowest BCUT2D eigenvalue weighted by Crippen LogP contribution is -2.37. The second-order valence-corrected chi connectivity index (χ2v) is 9.05. The van der Waals surface area contributed by atoms with Gasteiger partial charge in [0.25, 0.3) is 0 Å². The first-order chi connectivity index (χ1) is 13.7. The molecule has 3 nitrogen and oxygen atoms in total. The van der Waals surface area contributed by atoms with Crippen molar-refractivity contribution < 1.29 is 14.3 Å². The Morgan fingerprint density at radius 2 is 1.55 bits per heavy atom. The Hall–Kier alpha value is -1.61. The van der Waals surface area contributed by atoms with Crippen LogP contribution in [0.5, 0.6) is 5.75 Å². The number of ketones is 1. The maximum atomic E-state index is 11.8. The highest BCUT2D eigenvalue weighted by Gasteiger charge is 2.27. The molecule has 0 bridgehead atoms. The molecule has 0 N–H and O–H groups in total. The van der Waals surface area contributed by atoms with Crippen molar-refractivity contribution in [1.29, 1.82) is 0 Å². The summed E-state index contributed by atoms with van der Waals surface area (Å²) in [4.78, 5) is 11.8. The van der Waals surface area contributed by atoms with E-state index < -0.39 is 5.60 Å². The number of aryl methyl sites for hydroxylation is 1. The quantitative estimate of drug-likeness (QED) is 0.219. The van der Waals surface area contributed by atoms with Gasteiger partial charge >= 0.3 is 0 Å². The third kappa shape index (κ3) is 10.7. The zero-order chi connectivity index (χ0) is 21.8. The molecule has 1 rings (SSSR count). The molecule has 1 aromatic rings. The van der Waals surface area contributed by atoms with Crippen LogP contribution < -0.4 is 4.74 Å². The molecule has 0 atom stereocenters. The van der Waals surface area contributed by atoms with Crippen molar-refractivity contribution in [1.82, 2.24) is 0 Å². The molecular formula is C26H42O3. The predicted octanol–water partition coefficient (Wildman–Crippen LogP) is 7.08. The summed E-state index contributed by atoms with van der Waals surface area (Å²) in [7, 11) is 0. The molecule has 0 saturated heterocycles. The van der Waals surface area contributed by atoms with Gasteiger partial charge in [0.1, 0.15) is 17.0 Å². The van der Waals surface area contributed by atoms with E-state index >= 15 is 0 Å². The van der Waals surface area contributed by atoms with Crippen LogP contribution in [0.1, 0.15) is 91.5 Å². The number of hydrogen-bond acceptors (Lipinski definition) is 3. The molecule has 0 aromatic heterocycles. The molecule has 3 heteroatoms. The van der Waals surface area contributed by atoms with E-state index in [1.165, 1.54) is 56.6 Å². The van der Waals surface area contributed by atoms with Gasteiger partial charge in [0.05, 0.1) is 6.61 Å². The van der Waals surface area contributed by atoms with Crippen LogP contribution in [0, 0.1) is 0 Å². The van der Waals surface area contributed by atoms with Gasteiger partial charge in [-0.15, -0.1) is 0 Å². The number of carbonyl (C=O) groups excluding carboxylic acids is 1. The smallest absolute Gasteiger partial charge is 0.186 e. The molecule has 0 radical (unpaired) electrons. The minimum absolute atomic E-state index is 0.104. The van der Waals surface area contributed by atoms with E-state index in [0.29, 0.717) is 13.0 Å². The SMILES string of the molecule is C=CC(=O)C(C)(C)OCCC(C)(C)Oc1ccc(CCCCCCCCC)cc1. The Labute approximate surface area is 178 Å². The van der Waals surface area contributed by atoms with Gasteiger partial charge in [-0.05, 0) is 64.3 Å². The maximum absolute atomic E-state index is 11.8. The van der Waals surface area contributed by atoms with Crippen LogP contribution in [0.4, 0.5) is 0 Å². The van der Waals surface area contributed by atoms with E-state index in [1.807, 2.05) is 13.8 Å². The largest absolute Gasteiger partial charge is 0.488 e. The average Bonchev–Trinajstić information content (AvgIpc) is 2.67. The normalized spacial score (nSPS) is 12.0.